The second kappa shape index (κ2) is 8.12. The van der Waals surface area contributed by atoms with Crippen LogP contribution in [0.5, 0.6) is 0 Å². The molecule has 0 amide bonds. The SMILES string of the molecule is COC(=O)c1c(N)c(C#N)cn1-c1ccc(-n2nc(C(=O)O)cc2-c2ccccc2)cc1. The van der Waals surface area contributed by atoms with E-state index in [9.17, 15) is 20.0 Å². The van der Waals surface area contributed by atoms with Gasteiger partial charge in [-0.3, -0.25) is 0 Å². The average Bonchev–Trinajstić information content (AvgIpc) is 3.41. The number of nitrogens with zero attached hydrogens (tertiary/aromatic N) is 4. The maximum Gasteiger partial charge on any atom is 0.357 e. The van der Waals surface area contributed by atoms with Crippen LogP contribution in [0.25, 0.3) is 22.6 Å². The molecule has 2 aromatic carbocycles. The Morgan fingerprint density at radius 3 is 2.34 bits per heavy atom. The van der Waals surface area contributed by atoms with E-state index < -0.39 is 11.9 Å². The first kappa shape index (κ1) is 20.4. The van der Waals surface area contributed by atoms with Crippen molar-refractivity contribution >= 4 is 17.6 Å². The number of anilines is 1. The monoisotopic (exact) mass is 427 g/mol. The number of hydrogen-bond donors (Lipinski definition) is 2. The van der Waals surface area contributed by atoms with Gasteiger partial charge in [-0.25, -0.2) is 14.3 Å². The zero-order valence-electron chi connectivity index (χ0n) is 16.9. The lowest BCUT2D eigenvalue weighted by Gasteiger charge is -2.11. The highest BCUT2D eigenvalue weighted by Gasteiger charge is 2.22. The highest BCUT2D eigenvalue weighted by atomic mass is 16.5. The molecule has 0 saturated carbocycles. The lowest BCUT2D eigenvalue weighted by Crippen LogP contribution is -2.11. The molecule has 4 aromatic rings. The Morgan fingerprint density at radius 2 is 1.75 bits per heavy atom. The largest absolute Gasteiger partial charge is 0.476 e. The highest BCUT2D eigenvalue weighted by molar-refractivity contribution is 5.96. The van der Waals surface area contributed by atoms with E-state index in [1.807, 2.05) is 36.4 Å². The van der Waals surface area contributed by atoms with Gasteiger partial charge in [0.2, 0.25) is 0 Å². The molecule has 32 heavy (non-hydrogen) atoms. The summed E-state index contributed by atoms with van der Waals surface area (Å²) in [6, 6.07) is 19.6. The van der Waals surface area contributed by atoms with Gasteiger partial charge in [-0.15, -0.1) is 0 Å². The number of carbonyl (C=O) groups excluding carboxylic acids is 1. The molecule has 9 heteroatoms. The van der Waals surface area contributed by atoms with Crippen LogP contribution in [-0.2, 0) is 4.74 Å². The molecule has 0 spiro atoms. The van der Waals surface area contributed by atoms with Crippen LogP contribution in [-0.4, -0.2) is 38.5 Å². The minimum Gasteiger partial charge on any atom is -0.476 e. The predicted molar refractivity (Wildman–Crippen MR) is 116 cm³/mol. The summed E-state index contributed by atoms with van der Waals surface area (Å²) in [6.45, 7) is 0. The van der Waals surface area contributed by atoms with E-state index in [1.165, 1.54) is 28.6 Å². The number of methoxy groups -OCH3 is 1. The Hall–Kier alpha value is -4.84. The highest BCUT2D eigenvalue weighted by Crippen LogP contribution is 2.27. The van der Waals surface area contributed by atoms with Gasteiger partial charge in [0.15, 0.2) is 11.4 Å². The number of nitrogen functional groups attached to an aromatic ring is 1. The fourth-order valence-corrected chi connectivity index (χ4v) is 3.37. The van der Waals surface area contributed by atoms with E-state index in [0.29, 0.717) is 17.1 Å². The van der Waals surface area contributed by atoms with E-state index in [-0.39, 0.29) is 22.6 Å². The first-order chi connectivity index (χ1) is 15.4. The normalized spacial score (nSPS) is 10.5. The number of esters is 1. The molecule has 0 saturated heterocycles. The van der Waals surface area contributed by atoms with E-state index >= 15 is 0 Å². The van der Waals surface area contributed by atoms with Crippen LogP contribution in [0, 0.1) is 11.3 Å². The molecule has 9 nitrogen and oxygen atoms in total. The molecule has 0 aliphatic rings. The van der Waals surface area contributed by atoms with Crippen LogP contribution < -0.4 is 5.73 Å². The van der Waals surface area contributed by atoms with Crippen molar-refractivity contribution in [1.29, 1.82) is 5.26 Å². The zero-order chi connectivity index (χ0) is 22.8. The molecule has 0 fully saturated rings. The molecule has 4 rings (SSSR count). The Morgan fingerprint density at radius 1 is 1.09 bits per heavy atom. The number of hydrogen-bond acceptors (Lipinski definition) is 6. The summed E-state index contributed by atoms with van der Waals surface area (Å²) in [6.07, 6.45) is 1.46. The van der Waals surface area contributed by atoms with E-state index in [4.69, 9.17) is 10.5 Å². The topological polar surface area (TPSA) is 136 Å². The molecule has 3 N–H and O–H groups in total. The van der Waals surface area contributed by atoms with Crippen molar-refractivity contribution in [3.05, 3.63) is 83.8 Å². The van der Waals surface area contributed by atoms with Crippen LogP contribution >= 0.6 is 0 Å². The summed E-state index contributed by atoms with van der Waals surface area (Å²) in [4.78, 5) is 23.7. The number of carbonyl (C=O) groups is 2. The summed E-state index contributed by atoms with van der Waals surface area (Å²) in [7, 11) is 1.23. The first-order valence-electron chi connectivity index (χ1n) is 9.43. The third kappa shape index (κ3) is 3.46. The predicted octanol–water partition coefficient (Wildman–Crippen LogP) is 3.27. The van der Waals surface area contributed by atoms with Crippen LogP contribution in [0.2, 0.25) is 0 Å². The average molecular weight is 427 g/mol. The van der Waals surface area contributed by atoms with Crippen molar-refractivity contribution in [3.63, 3.8) is 0 Å². The van der Waals surface area contributed by atoms with E-state index in [1.54, 1.807) is 24.3 Å². The number of rotatable bonds is 5. The second-order valence-corrected chi connectivity index (χ2v) is 6.79. The van der Waals surface area contributed by atoms with Gasteiger partial charge in [-0.05, 0) is 30.3 Å². The van der Waals surface area contributed by atoms with Crippen molar-refractivity contribution < 1.29 is 19.4 Å². The fraction of sp³-hybridized carbons (Fsp3) is 0.0435. The maximum absolute atomic E-state index is 12.2. The molecule has 2 aromatic heterocycles. The van der Waals surface area contributed by atoms with Gasteiger partial charge in [0.05, 0.1) is 29.7 Å². The Labute approximate surface area is 182 Å². The standard InChI is InChI=1S/C23H17N5O4/c1-32-23(31)21-20(25)15(12-24)13-27(21)16-7-9-17(10-8-16)28-19(11-18(26-28)22(29)30)14-5-3-2-4-6-14/h2-11,13H,25H2,1H3,(H,29,30). The summed E-state index contributed by atoms with van der Waals surface area (Å²) < 4.78 is 7.82. The van der Waals surface area contributed by atoms with Gasteiger partial charge in [0.1, 0.15) is 6.07 Å². The number of nitrogens with two attached hydrogens (primary N) is 1. The first-order valence-corrected chi connectivity index (χ1v) is 9.43. The van der Waals surface area contributed by atoms with Crippen LogP contribution in [0.4, 0.5) is 5.69 Å². The van der Waals surface area contributed by atoms with Crippen molar-refractivity contribution in [3.8, 4) is 28.7 Å². The van der Waals surface area contributed by atoms with Crippen molar-refractivity contribution in [2.24, 2.45) is 0 Å². The second-order valence-electron chi connectivity index (χ2n) is 6.79. The van der Waals surface area contributed by atoms with Gasteiger partial charge >= 0.3 is 11.9 Å². The smallest absolute Gasteiger partial charge is 0.357 e. The van der Waals surface area contributed by atoms with Crippen molar-refractivity contribution in [1.82, 2.24) is 14.3 Å². The molecular weight excluding hydrogens is 410 g/mol. The molecule has 2 heterocycles. The Bertz CT molecular complexity index is 1360. The fourth-order valence-electron chi connectivity index (χ4n) is 3.37. The third-order valence-electron chi connectivity index (χ3n) is 4.91. The molecule has 0 unspecified atom stereocenters. The van der Waals surface area contributed by atoms with Crippen LogP contribution in [0.15, 0.2) is 66.9 Å². The van der Waals surface area contributed by atoms with E-state index in [2.05, 4.69) is 5.10 Å². The molecule has 158 valence electrons. The number of ether oxygens (including phenoxy) is 1. The summed E-state index contributed by atoms with van der Waals surface area (Å²) in [5.74, 6) is -1.80. The molecule has 0 atom stereocenters. The van der Waals surface area contributed by atoms with Gasteiger partial charge in [-0.2, -0.15) is 10.4 Å². The summed E-state index contributed by atoms with van der Waals surface area (Å²) in [5, 5.41) is 22.9. The molecule has 0 bridgehead atoms. The number of carboxylic acid groups (broad SMARTS) is 1. The van der Waals surface area contributed by atoms with Crippen LogP contribution in [0.3, 0.4) is 0 Å². The van der Waals surface area contributed by atoms with Gasteiger partial charge in [0, 0.05) is 17.4 Å². The molecule has 0 aliphatic heterocycles. The summed E-state index contributed by atoms with van der Waals surface area (Å²) in [5.41, 5.74) is 8.70. The lowest BCUT2D eigenvalue weighted by atomic mass is 10.1. The van der Waals surface area contributed by atoms with Crippen molar-refractivity contribution in [2.75, 3.05) is 12.8 Å². The number of nitriles is 1. The van der Waals surface area contributed by atoms with Gasteiger partial charge in [-0.1, -0.05) is 30.3 Å². The molecular formula is C23H17N5O4. The number of aromatic nitrogens is 3. The zero-order valence-corrected chi connectivity index (χ0v) is 16.9. The Balaban J connectivity index is 1.81. The minimum atomic E-state index is -1.13. The van der Waals surface area contributed by atoms with Gasteiger partial charge in [0.25, 0.3) is 0 Å². The molecule has 0 aliphatic carbocycles. The third-order valence-corrected chi connectivity index (χ3v) is 4.91. The number of benzene rings is 2. The number of aromatic carboxylic acids is 1. The number of carboxylic acids is 1. The van der Waals surface area contributed by atoms with Gasteiger partial charge < -0.3 is 20.1 Å². The molecule has 0 radical (unpaired) electrons. The van der Waals surface area contributed by atoms with Crippen LogP contribution in [0.1, 0.15) is 26.5 Å². The van der Waals surface area contributed by atoms with Crippen molar-refractivity contribution in [2.45, 2.75) is 0 Å². The minimum absolute atomic E-state index is 0.0352. The maximum atomic E-state index is 12.2. The summed E-state index contributed by atoms with van der Waals surface area (Å²) >= 11 is 0. The lowest BCUT2D eigenvalue weighted by molar-refractivity contribution is 0.0592. The van der Waals surface area contributed by atoms with E-state index in [0.717, 1.165) is 5.56 Å². The Kier molecular flexibility index (Phi) is 5.18. The quantitative estimate of drug-likeness (QED) is 0.466.